The van der Waals surface area contributed by atoms with E-state index < -0.39 is 6.10 Å². The number of para-hydroxylation sites is 1. The second-order valence-corrected chi connectivity index (χ2v) is 5.81. The fraction of sp³-hybridized carbons (Fsp3) is 0.294. The summed E-state index contributed by atoms with van der Waals surface area (Å²) in [6.45, 7) is 1.46. The second-order valence-electron chi connectivity index (χ2n) is 4.97. The summed E-state index contributed by atoms with van der Waals surface area (Å²) in [5, 5.41) is 14.4. The monoisotopic (exact) mass is 339 g/mol. The van der Waals surface area contributed by atoms with Gasteiger partial charge in [-0.2, -0.15) is 0 Å². The molecule has 0 fully saturated rings. The maximum absolute atomic E-state index is 9.87. The van der Waals surface area contributed by atoms with E-state index in [9.17, 15) is 5.11 Å². The van der Waals surface area contributed by atoms with Gasteiger partial charge in [0.1, 0.15) is 18.5 Å². The smallest absolute Gasteiger partial charge is 0.119 e. The zero-order valence-corrected chi connectivity index (χ0v) is 13.6. The van der Waals surface area contributed by atoms with Crippen LogP contribution >= 0.6 is 23.2 Å². The van der Waals surface area contributed by atoms with Crippen molar-refractivity contribution in [3.63, 3.8) is 0 Å². The minimum absolute atomic E-state index is 0.263. The molecule has 0 aliphatic carbocycles. The van der Waals surface area contributed by atoms with Crippen molar-refractivity contribution in [2.75, 3.05) is 19.7 Å². The summed E-state index contributed by atoms with van der Waals surface area (Å²) in [4.78, 5) is 0. The van der Waals surface area contributed by atoms with Crippen LogP contribution in [0.5, 0.6) is 5.75 Å². The normalized spacial score (nSPS) is 12.1. The van der Waals surface area contributed by atoms with Crippen molar-refractivity contribution < 1.29 is 9.84 Å². The molecular formula is C17H19Cl2NO2. The Kier molecular flexibility index (Phi) is 7.00. The molecule has 118 valence electrons. The molecule has 2 N–H and O–H groups in total. The molecule has 0 aromatic heterocycles. The Morgan fingerprint density at radius 1 is 1.09 bits per heavy atom. The number of benzene rings is 2. The van der Waals surface area contributed by atoms with Gasteiger partial charge in [0.25, 0.3) is 0 Å². The van der Waals surface area contributed by atoms with Gasteiger partial charge in [-0.3, -0.25) is 0 Å². The number of halogens is 2. The summed E-state index contributed by atoms with van der Waals surface area (Å²) in [5.41, 5.74) is 1.04. The molecule has 0 saturated heterocycles. The van der Waals surface area contributed by atoms with Gasteiger partial charge in [-0.25, -0.2) is 0 Å². The van der Waals surface area contributed by atoms with Crippen molar-refractivity contribution in [2.45, 2.75) is 12.5 Å². The molecule has 0 heterocycles. The summed E-state index contributed by atoms with van der Waals surface area (Å²) in [6.07, 6.45) is 0.225. The molecule has 5 heteroatoms. The van der Waals surface area contributed by atoms with Crippen LogP contribution in [0.15, 0.2) is 48.5 Å². The van der Waals surface area contributed by atoms with Crippen LogP contribution in [0, 0.1) is 0 Å². The van der Waals surface area contributed by atoms with Crippen molar-refractivity contribution in [3.05, 3.63) is 64.1 Å². The van der Waals surface area contributed by atoms with Crippen LogP contribution in [0.25, 0.3) is 0 Å². The van der Waals surface area contributed by atoms with Gasteiger partial charge in [0, 0.05) is 16.6 Å². The van der Waals surface area contributed by atoms with E-state index >= 15 is 0 Å². The topological polar surface area (TPSA) is 41.5 Å². The SMILES string of the molecule is O[C@H](CNCCc1ccc(Cl)cc1Cl)COc1ccccc1. The van der Waals surface area contributed by atoms with Gasteiger partial charge >= 0.3 is 0 Å². The summed E-state index contributed by atoms with van der Waals surface area (Å²) in [6, 6.07) is 14.9. The van der Waals surface area contributed by atoms with E-state index in [1.165, 1.54) is 0 Å². The van der Waals surface area contributed by atoms with Crippen LogP contribution < -0.4 is 10.1 Å². The lowest BCUT2D eigenvalue weighted by molar-refractivity contribution is 0.106. The molecule has 0 amide bonds. The van der Waals surface area contributed by atoms with Crippen molar-refractivity contribution in [2.24, 2.45) is 0 Å². The van der Waals surface area contributed by atoms with Gasteiger partial charge in [0.15, 0.2) is 0 Å². The van der Waals surface area contributed by atoms with Crippen molar-refractivity contribution in [1.29, 1.82) is 0 Å². The molecule has 2 rings (SSSR count). The summed E-state index contributed by atoms with van der Waals surface area (Å²) in [7, 11) is 0. The minimum Gasteiger partial charge on any atom is -0.491 e. The van der Waals surface area contributed by atoms with E-state index in [4.69, 9.17) is 27.9 Å². The lowest BCUT2D eigenvalue weighted by atomic mass is 10.1. The van der Waals surface area contributed by atoms with Gasteiger partial charge in [-0.1, -0.05) is 47.5 Å². The Balaban J connectivity index is 1.63. The van der Waals surface area contributed by atoms with Gasteiger partial charge in [-0.15, -0.1) is 0 Å². The van der Waals surface area contributed by atoms with Gasteiger partial charge in [0.2, 0.25) is 0 Å². The third kappa shape index (κ3) is 5.85. The number of aliphatic hydroxyl groups is 1. The quantitative estimate of drug-likeness (QED) is 0.722. The van der Waals surface area contributed by atoms with Crippen molar-refractivity contribution in [3.8, 4) is 5.75 Å². The molecule has 0 radical (unpaired) electrons. The van der Waals surface area contributed by atoms with Crippen LogP contribution in [0.2, 0.25) is 10.0 Å². The Labute approximate surface area is 140 Å². The number of aliphatic hydroxyl groups excluding tert-OH is 1. The van der Waals surface area contributed by atoms with Gasteiger partial charge in [-0.05, 0) is 42.8 Å². The van der Waals surface area contributed by atoms with Crippen LogP contribution in [-0.4, -0.2) is 30.9 Å². The fourth-order valence-corrected chi connectivity index (χ4v) is 2.49. The first-order valence-electron chi connectivity index (χ1n) is 7.15. The fourth-order valence-electron chi connectivity index (χ4n) is 1.98. The van der Waals surface area contributed by atoms with Crippen molar-refractivity contribution in [1.82, 2.24) is 5.32 Å². The van der Waals surface area contributed by atoms with E-state index in [1.807, 2.05) is 42.5 Å². The van der Waals surface area contributed by atoms with Crippen LogP contribution in [-0.2, 0) is 6.42 Å². The highest BCUT2D eigenvalue weighted by molar-refractivity contribution is 6.35. The first-order valence-corrected chi connectivity index (χ1v) is 7.91. The molecule has 0 aliphatic heterocycles. The molecule has 0 aliphatic rings. The largest absolute Gasteiger partial charge is 0.491 e. The lowest BCUT2D eigenvalue weighted by Crippen LogP contribution is -2.32. The Bertz CT molecular complexity index is 578. The first kappa shape index (κ1) is 17.1. The molecule has 0 spiro atoms. The lowest BCUT2D eigenvalue weighted by Gasteiger charge is -2.13. The highest BCUT2D eigenvalue weighted by Gasteiger charge is 2.05. The van der Waals surface area contributed by atoms with E-state index in [0.717, 1.165) is 24.3 Å². The molecule has 3 nitrogen and oxygen atoms in total. The van der Waals surface area contributed by atoms with Crippen LogP contribution in [0.4, 0.5) is 0 Å². The molecule has 0 unspecified atom stereocenters. The molecule has 0 saturated carbocycles. The molecule has 22 heavy (non-hydrogen) atoms. The van der Waals surface area contributed by atoms with E-state index in [0.29, 0.717) is 16.6 Å². The van der Waals surface area contributed by atoms with Crippen molar-refractivity contribution >= 4 is 23.2 Å². The predicted octanol–water partition coefficient (Wildman–Crippen LogP) is 3.57. The van der Waals surface area contributed by atoms with Crippen LogP contribution in [0.3, 0.4) is 0 Å². The standard InChI is InChI=1S/C17H19Cl2NO2/c18-14-7-6-13(17(19)10-14)8-9-20-11-15(21)12-22-16-4-2-1-3-5-16/h1-7,10,15,20-21H,8-9,11-12H2/t15-/m1/s1. The maximum atomic E-state index is 9.87. The molecular weight excluding hydrogens is 321 g/mol. The Morgan fingerprint density at radius 2 is 1.86 bits per heavy atom. The number of hydrogen-bond donors (Lipinski definition) is 2. The van der Waals surface area contributed by atoms with Gasteiger partial charge < -0.3 is 15.2 Å². The number of rotatable bonds is 8. The Morgan fingerprint density at radius 3 is 2.59 bits per heavy atom. The third-order valence-electron chi connectivity index (χ3n) is 3.15. The molecule has 2 aromatic rings. The maximum Gasteiger partial charge on any atom is 0.119 e. The number of ether oxygens (including phenoxy) is 1. The zero-order valence-electron chi connectivity index (χ0n) is 12.1. The number of hydrogen-bond acceptors (Lipinski definition) is 3. The summed E-state index contributed by atoms with van der Waals surface area (Å²) < 4.78 is 5.49. The summed E-state index contributed by atoms with van der Waals surface area (Å²) >= 11 is 12.0. The molecule has 0 bridgehead atoms. The predicted molar refractivity (Wildman–Crippen MR) is 91.0 cm³/mol. The third-order valence-corrected chi connectivity index (χ3v) is 3.74. The highest BCUT2D eigenvalue weighted by Crippen LogP contribution is 2.21. The Hall–Kier alpha value is -1.26. The first-order chi connectivity index (χ1) is 10.6. The molecule has 1 atom stereocenters. The second kappa shape index (κ2) is 9.01. The van der Waals surface area contributed by atoms with Gasteiger partial charge in [0.05, 0.1) is 0 Å². The average molecular weight is 340 g/mol. The highest BCUT2D eigenvalue weighted by atomic mass is 35.5. The summed E-state index contributed by atoms with van der Waals surface area (Å²) in [5.74, 6) is 0.759. The van der Waals surface area contributed by atoms with E-state index in [-0.39, 0.29) is 6.61 Å². The zero-order chi connectivity index (χ0) is 15.8. The van der Waals surface area contributed by atoms with Crippen LogP contribution in [0.1, 0.15) is 5.56 Å². The minimum atomic E-state index is -0.555. The molecule has 2 aromatic carbocycles. The van der Waals surface area contributed by atoms with E-state index in [1.54, 1.807) is 6.07 Å². The van der Waals surface area contributed by atoms with E-state index in [2.05, 4.69) is 5.32 Å². The number of nitrogens with one attached hydrogen (secondary N) is 1. The average Bonchev–Trinajstić information content (AvgIpc) is 2.52.